The molecule has 3 heterocycles. The molecule has 108 valence electrons. The molecule has 4 N–H and O–H groups in total. The first-order valence-corrected chi connectivity index (χ1v) is 6.97. The van der Waals surface area contributed by atoms with Crippen LogP contribution in [0.3, 0.4) is 0 Å². The molecule has 0 aromatic carbocycles. The number of aromatic nitrogens is 4. The van der Waals surface area contributed by atoms with Gasteiger partial charge in [0.05, 0.1) is 5.39 Å². The summed E-state index contributed by atoms with van der Waals surface area (Å²) in [4.78, 5) is 22.2. The van der Waals surface area contributed by atoms with Crippen LogP contribution in [0.2, 0.25) is 0 Å². The van der Waals surface area contributed by atoms with Crippen molar-refractivity contribution >= 4 is 33.4 Å². The zero-order valence-corrected chi connectivity index (χ0v) is 12.2. The number of fused-ring (bicyclic) bond motifs is 1. The number of carbonyl (C=O) groups excluding carboxylic acids is 1. The van der Waals surface area contributed by atoms with E-state index in [0.29, 0.717) is 17.5 Å². The van der Waals surface area contributed by atoms with Gasteiger partial charge >= 0.3 is 0 Å². The monoisotopic (exact) mass is 303 g/mol. The lowest BCUT2D eigenvalue weighted by atomic mass is 10.3. The number of amides is 1. The molecule has 0 aliphatic heterocycles. The molecule has 0 fully saturated rings. The Morgan fingerprint density at radius 2 is 2.24 bits per heavy atom. The third-order valence-corrected chi connectivity index (χ3v) is 3.84. The summed E-state index contributed by atoms with van der Waals surface area (Å²) in [6.45, 7) is 1.99. The maximum Gasteiger partial charge on any atom is 0.271 e. The Labute approximate surface area is 124 Å². The molecule has 21 heavy (non-hydrogen) atoms. The van der Waals surface area contributed by atoms with Crippen LogP contribution in [-0.2, 0) is 0 Å². The standard InChI is InChI=1S/C12H13N7OS/c1-6-5-7-9(15-12(17-13)16-11(7)21-6)19-4-3-8(18-19)10(20)14-2/h3-5H,13H2,1-2H3,(H,14,20)(H,15,16,17). The van der Waals surface area contributed by atoms with Crippen molar-refractivity contribution in [3.63, 3.8) is 0 Å². The number of hydrogen-bond acceptors (Lipinski definition) is 7. The van der Waals surface area contributed by atoms with Crippen molar-refractivity contribution in [1.82, 2.24) is 25.1 Å². The van der Waals surface area contributed by atoms with E-state index in [9.17, 15) is 4.79 Å². The largest absolute Gasteiger partial charge is 0.354 e. The Hall–Kier alpha value is -2.52. The highest BCUT2D eigenvalue weighted by Gasteiger charge is 2.14. The number of rotatable bonds is 3. The first-order chi connectivity index (χ1) is 10.1. The number of nitrogen functional groups attached to an aromatic ring is 1. The van der Waals surface area contributed by atoms with Crippen molar-refractivity contribution in [2.24, 2.45) is 5.84 Å². The fourth-order valence-corrected chi connectivity index (χ4v) is 2.83. The van der Waals surface area contributed by atoms with Gasteiger partial charge in [-0.1, -0.05) is 0 Å². The van der Waals surface area contributed by atoms with Crippen molar-refractivity contribution < 1.29 is 4.79 Å². The van der Waals surface area contributed by atoms with Gasteiger partial charge in [-0.2, -0.15) is 10.1 Å². The highest BCUT2D eigenvalue weighted by atomic mass is 32.1. The van der Waals surface area contributed by atoms with E-state index in [2.05, 4.69) is 25.8 Å². The molecule has 0 unspecified atom stereocenters. The number of nitrogens with two attached hydrogens (primary N) is 1. The van der Waals surface area contributed by atoms with E-state index >= 15 is 0 Å². The zero-order chi connectivity index (χ0) is 15.0. The van der Waals surface area contributed by atoms with E-state index in [1.54, 1.807) is 35.3 Å². The lowest BCUT2D eigenvalue weighted by Gasteiger charge is -2.05. The average molecular weight is 303 g/mol. The molecule has 0 bridgehead atoms. The average Bonchev–Trinajstić information content (AvgIpc) is 3.10. The minimum atomic E-state index is -0.252. The van der Waals surface area contributed by atoms with Crippen LogP contribution in [-0.4, -0.2) is 32.7 Å². The van der Waals surface area contributed by atoms with Gasteiger partial charge in [-0.05, 0) is 19.1 Å². The van der Waals surface area contributed by atoms with E-state index in [-0.39, 0.29) is 5.91 Å². The summed E-state index contributed by atoms with van der Waals surface area (Å²) in [5.41, 5.74) is 2.76. The van der Waals surface area contributed by atoms with Crippen LogP contribution in [0, 0.1) is 6.92 Å². The number of nitrogens with one attached hydrogen (secondary N) is 2. The second-order valence-electron chi connectivity index (χ2n) is 4.32. The van der Waals surface area contributed by atoms with Gasteiger partial charge in [-0.25, -0.2) is 15.5 Å². The Morgan fingerprint density at radius 3 is 2.95 bits per heavy atom. The number of nitrogens with zero attached hydrogens (tertiary/aromatic N) is 4. The molecule has 8 nitrogen and oxygen atoms in total. The van der Waals surface area contributed by atoms with Crippen LogP contribution in [0.5, 0.6) is 0 Å². The Kier molecular flexibility index (Phi) is 3.28. The maximum atomic E-state index is 11.6. The number of hydrazine groups is 1. The fourth-order valence-electron chi connectivity index (χ4n) is 1.96. The summed E-state index contributed by atoms with van der Waals surface area (Å²) in [6, 6.07) is 3.61. The van der Waals surface area contributed by atoms with Crippen LogP contribution < -0.4 is 16.6 Å². The third kappa shape index (κ3) is 2.32. The highest BCUT2D eigenvalue weighted by molar-refractivity contribution is 7.18. The summed E-state index contributed by atoms with van der Waals surface area (Å²) in [5, 5.41) is 7.63. The van der Waals surface area contributed by atoms with Crippen LogP contribution in [0.4, 0.5) is 5.95 Å². The van der Waals surface area contributed by atoms with Gasteiger partial charge in [0.2, 0.25) is 5.95 Å². The SMILES string of the molecule is CNC(=O)c1ccn(-c2nc(NN)nc3sc(C)cc23)n1. The minimum absolute atomic E-state index is 0.252. The lowest BCUT2D eigenvalue weighted by Crippen LogP contribution is -2.18. The highest BCUT2D eigenvalue weighted by Crippen LogP contribution is 2.28. The van der Waals surface area contributed by atoms with Crippen LogP contribution in [0.25, 0.3) is 16.0 Å². The Morgan fingerprint density at radius 1 is 1.43 bits per heavy atom. The van der Waals surface area contributed by atoms with Gasteiger partial charge in [0.25, 0.3) is 5.91 Å². The van der Waals surface area contributed by atoms with E-state index in [4.69, 9.17) is 5.84 Å². The predicted molar refractivity (Wildman–Crippen MR) is 80.5 cm³/mol. The topological polar surface area (TPSA) is 111 Å². The van der Waals surface area contributed by atoms with Crippen LogP contribution in [0.1, 0.15) is 15.4 Å². The van der Waals surface area contributed by atoms with Gasteiger partial charge in [-0.3, -0.25) is 10.2 Å². The molecule has 0 saturated heterocycles. The summed E-state index contributed by atoms with van der Waals surface area (Å²) in [5.74, 6) is 6.03. The normalized spacial score (nSPS) is 10.8. The molecule has 1 amide bonds. The number of anilines is 1. The molecular formula is C12H13N7OS. The van der Waals surface area contributed by atoms with Crippen LogP contribution >= 0.6 is 11.3 Å². The van der Waals surface area contributed by atoms with Gasteiger partial charge in [0, 0.05) is 18.1 Å². The van der Waals surface area contributed by atoms with Crippen molar-refractivity contribution in [2.45, 2.75) is 6.92 Å². The van der Waals surface area contributed by atoms with Gasteiger partial charge < -0.3 is 5.32 Å². The van der Waals surface area contributed by atoms with E-state index in [1.807, 2.05) is 13.0 Å². The van der Waals surface area contributed by atoms with Gasteiger partial charge in [0.15, 0.2) is 11.5 Å². The lowest BCUT2D eigenvalue weighted by molar-refractivity contribution is 0.0957. The smallest absolute Gasteiger partial charge is 0.271 e. The van der Waals surface area contributed by atoms with Crippen LogP contribution in [0.15, 0.2) is 18.3 Å². The van der Waals surface area contributed by atoms with Crippen molar-refractivity contribution in [3.05, 3.63) is 28.9 Å². The summed E-state index contributed by atoms with van der Waals surface area (Å²) in [6.07, 6.45) is 1.68. The maximum absolute atomic E-state index is 11.6. The molecule has 0 aliphatic carbocycles. The molecule has 0 radical (unpaired) electrons. The zero-order valence-electron chi connectivity index (χ0n) is 11.4. The molecule has 9 heteroatoms. The summed E-state index contributed by atoms with van der Waals surface area (Å²) < 4.78 is 1.54. The molecule has 0 aliphatic rings. The number of carbonyl (C=O) groups is 1. The van der Waals surface area contributed by atoms with E-state index in [0.717, 1.165) is 15.1 Å². The first kappa shape index (κ1) is 13.5. The number of aryl methyl sites for hydroxylation is 1. The molecule has 0 spiro atoms. The van der Waals surface area contributed by atoms with Crippen molar-refractivity contribution in [1.29, 1.82) is 0 Å². The summed E-state index contributed by atoms with van der Waals surface area (Å²) in [7, 11) is 1.56. The molecule has 3 aromatic rings. The summed E-state index contributed by atoms with van der Waals surface area (Å²) >= 11 is 1.54. The second kappa shape index (κ2) is 5.11. The number of hydrogen-bond donors (Lipinski definition) is 3. The van der Waals surface area contributed by atoms with Crippen molar-refractivity contribution in [2.75, 3.05) is 12.5 Å². The second-order valence-corrected chi connectivity index (χ2v) is 5.55. The first-order valence-electron chi connectivity index (χ1n) is 6.15. The molecule has 0 saturated carbocycles. The molecule has 3 aromatic heterocycles. The fraction of sp³-hybridized carbons (Fsp3) is 0.167. The predicted octanol–water partition coefficient (Wildman–Crippen LogP) is 0.831. The molecule has 3 rings (SSSR count). The van der Waals surface area contributed by atoms with Gasteiger partial charge in [-0.15, -0.1) is 11.3 Å². The van der Waals surface area contributed by atoms with E-state index < -0.39 is 0 Å². The Balaban J connectivity index is 2.18. The van der Waals surface area contributed by atoms with Gasteiger partial charge in [0.1, 0.15) is 4.83 Å². The third-order valence-electron chi connectivity index (χ3n) is 2.89. The quantitative estimate of drug-likeness (QED) is 0.488. The van der Waals surface area contributed by atoms with Crippen molar-refractivity contribution in [3.8, 4) is 5.82 Å². The minimum Gasteiger partial charge on any atom is -0.354 e. The molecular weight excluding hydrogens is 290 g/mol. The number of thiophene rings is 1. The van der Waals surface area contributed by atoms with E-state index in [1.165, 1.54) is 0 Å². The Bertz CT molecular complexity index is 822. The molecule has 0 atom stereocenters.